The average Bonchev–Trinajstić information content (AvgIpc) is 2.70. The van der Waals surface area contributed by atoms with Gasteiger partial charge in [-0.1, -0.05) is 29.8 Å². The quantitative estimate of drug-likeness (QED) is 0.499. The molecule has 29 heavy (non-hydrogen) atoms. The van der Waals surface area contributed by atoms with E-state index < -0.39 is 10.0 Å². The SMILES string of the molecule is COc1ccccc1NS(=O)(=O)c1ccc(NC(=S)Nc2ccc(C)cc2)cc1. The van der Waals surface area contributed by atoms with Crippen LogP contribution < -0.4 is 20.1 Å². The highest BCUT2D eigenvalue weighted by molar-refractivity contribution is 7.92. The summed E-state index contributed by atoms with van der Waals surface area (Å²) in [4.78, 5) is 0.131. The second kappa shape index (κ2) is 8.93. The van der Waals surface area contributed by atoms with Crippen LogP contribution in [0.5, 0.6) is 5.75 Å². The monoisotopic (exact) mass is 427 g/mol. The van der Waals surface area contributed by atoms with Gasteiger partial charge in [-0.2, -0.15) is 0 Å². The Morgan fingerprint density at radius 1 is 0.862 bits per heavy atom. The zero-order chi connectivity index (χ0) is 20.9. The van der Waals surface area contributed by atoms with Gasteiger partial charge in [0, 0.05) is 11.4 Å². The molecule has 0 spiro atoms. The molecule has 3 aromatic rings. The molecule has 0 aromatic heterocycles. The molecule has 0 aliphatic heterocycles. The molecule has 0 radical (unpaired) electrons. The Bertz CT molecular complexity index is 1100. The predicted octanol–water partition coefficient (Wildman–Crippen LogP) is 4.61. The summed E-state index contributed by atoms with van der Waals surface area (Å²) in [6.07, 6.45) is 0. The molecule has 3 rings (SSSR count). The highest BCUT2D eigenvalue weighted by Crippen LogP contribution is 2.26. The third-order valence-electron chi connectivity index (χ3n) is 4.08. The number of benzene rings is 3. The fraction of sp³-hybridized carbons (Fsp3) is 0.0952. The summed E-state index contributed by atoms with van der Waals surface area (Å²) < 4.78 is 33.0. The van der Waals surface area contributed by atoms with Crippen molar-refractivity contribution in [3.8, 4) is 5.75 Å². The zero-order valence-corrected chi connectivity index (χ0v) is 17.6. The van der Waals surface area contributed by atoms with E-state index >= 15 is 0 Å². The normalized spacial score (nSPS) is 10.8. The van der Waals surface area contributed by atoms with Crippen molar-refractivity contribution in [3.05, 3.63) is 78.4 Å². The van der Waals surface area contributed by atoms with Gasteiger partial charge in [-0.05, 0) is 67.7 Å². The van der Waals surface area contributed by atoms with Crippen LogP contribution in [0.2, 0.25) is 0 Å². The Labute approximate surface area is 176 Å². The molecule has 0 saturated heterocycles. The molecule has 8 heteroatoms. The van der Waals surface area contributed by atoms with Crippen molar-refractivity contribution in [1.82, 2.24) is 0 Å². The highest BCUT2D eigenvalue weighted by Gasteiger charge is 2.16. The molecule has 0 fully saturated rings. The number of anilines is 3. The summed E-state index contributed by atoms with van der Waals surface area (Å²) in [5.74, 6) is 0.446. The Kier molecular flexibility index (Phi) is 6.36. The first kappa shape index (κ1) is 20.6. The van der Waals surface area contributed by atoms with Crippen LogP contribution in [0.25, 0.3) is 0 Å². The standard InChI is InChI=1S/C21H21N3O3S2/c1-15-7-9-16(10-8-15)22-21(28)23-17-11-13-18(14-12-17)29(25,26)24-19-5-3-4-6-20(19)27-2/h3-14,24H,1-2H3,(H2,22,23,28). The first-order valence-corrected chi connectivity index (χ1v) is 10.7. The van der Waals surface area contributed by atoms with E-state index in [1.54, 1.807) is 36.4 Å². The van der Waals surface area contributed by atoms with Crippen LogP contribution in [0.4, 0.5) is 17.1 Å². The molecule has 3 aromatic carbocycles. The van der Waals surface area contributed by atoms with E-state index in [-0.39, 0.29) is 4.90 Å². The molecule has 0 saturated carbocycles. The minimum Gasteiger partial charge on any atom is -0.495 e. The number of thiocarbonyl (C=S) groups is 1. The fourth-order valence-electron chi connectivity index (χ4n) is 2.58. The van der Waals surface area contributed by atoms with Crippen molar-refractivity contribution in [2.45, 2.75) is 11.8 Å². The molecule has 3 N–H and O–H groups in total. The number of ether oxygens (including phenoxy) is 1. The topological polar surface area (TPSA) is 79.5 Å². The number of methoxy groups -OCH3 is 1. The molecule has 0 amide bonds. The molecule has 0 heterocycles. The van der Waals surface area contributed by atoms with E-state index in [0.29, 0.717) is 22.2 Å². The first-order chi connectivity index (χ1) is 13.9. The predicted molar refractivity (Wildman–Crippen MR) is 121 cm³/mol. The summed E-state index contributed by atoms with van der Waals surface area (Å²) in [5.41, 5.74) is 3.08. The molecule has 6 nitrogen and oxygen atoms in total. The minimum absolute atomic E-state index is 0.131. The van der Waals surface area contributed by atoms with Gasteiger partial charge in [0.25, 0.3) is 10.0 Å². The van der Waals surface area contributed by atoms with Crippen LogP contribution in [0, 0.1) is 6.92 Å². The van der Waals surface area contributed by atoms with Crippen molar-refractivity contribution in [2.24, 2.45) is 0 Å². The van der Waals surface area contributed by atoms with Crippen molar-refractivity contribution in [2.75, 3.05) is 22.5 Å². The van der Waals surface area contributed by atoms with Crippen molar-refractivity contribution in [3.63, 3.8) is 0 Å². The van der Waals surface area contributed by atoms with Crippen LogP contribution in [0.1, 0.15) is 5.56 Å². The summed E-state index contributed by atoms with van der Waals surface area (Å²) in [6.45, 7) is 2.01. The first-order valence-electron chi connectivity index (χ1n) is 8.78. The number of aryl methyl sites for hydroxylation is 1. The van der Waals surface area contributed by atoms with Gasteiger partial charge in [0.15, 0.2) is 5.11 Å². The second-order valence-electron chi connectivity index (χ2n) is 6.28. The van der Waals surface area contributed by atoms with Gasteiger partial charge in [-0.3, -0.25) is 4.72 Å². The lowest BCUT2D eigenvalue weighted by molar-refractivity contribution is 0.417. The van der Waals surface area contributed by atoms with E-state index in [4.69, 9.17) is 17.0 Å². The third kappa shape index (κ3) is 5.46. The average molecular weight is 428 g/mol. The van der Waals surface area contributed by atoms with Gasteiger partial charge in [-0.25, -0.2) is 8.42 Å². The van der Waals surface area contributed by atoms with E-state index in [0.717, 1.165) is 11.3 Å². The van der Waals surface area contributed by atoms with Gasteiger partial charge in [0.1, 0.15) is 5.75 Å². The summed E-state index contributed by atoms with van der Waals surface area (Å²) >= 11 is 5.30. The second-order valence-corrected chi connectivity index (χ2v) is 8.37. The molecule has 0 bridgehead atoms. The number of sulfonamides is 1. The maximum atomic E-state index is 12.6. The summed E-state index contributed by atoms with van der Waals surface area (Å²) in [6, 6.07) is 21.0. The van der Waals surface area contributed by atoms with Crippen molar-refractivity contribution in [1.29, 1.82) is 0 Å². The van der Waals surface area contributed by atoms with Gasteiger partial charge < -0.3 is 15.4 Å². The molecular formula is C21H21N3O3S2. The number of rotatable bonds is 6. The number of hydrogen-bond donors (Lipinski definition) is 3. The van der Waals surface area contributed by atoms with Gasteiger partial charge in [0.2, 0.25) is 0 Å². The third-order valence-corrected chi connectivity index (χ3v) is 5.67. The van der Waals surface area contributed by atoms with Crippen LogP contribution in [0.3, 0.4) is 0 Å². The Morgan fingerprint density at radius 2 is 1.41 bits per heavy atom. The van der Waals surface area contributed by atoms with Crippen molar-refractivity contribution < 1.29 is 13.2 Å². The number of nitrogens with one attached hydrogen (secondary N) is 3. The maximum Gasteiger partial charge on any atom is 0.262 e. The fourth-order valence-corrected chi connectivity index (χ4v) is 3.89. The highest BCUT2D eigenvalue weighted by atomic mass is 32.2. The van der Waals surface area contributed by atoms with Crippen LogP contribution in [0.15, 0.2) is 77.7 Å². The van der Waals surface area contributed by atoms with Gasteiger partial charge in [0.05, 0.1) is 17.7 Å². The Morgan fingerprint density at radius 3 is 2.00 bits per heavy atom. The van der Waals surface area contributed by atoms with Gasteiger partial charge in [-0.15, -0.1) is 0 Å². The Balaban J connectivity index is 1.67. The van der Waals surface area contributed by atoms with E-state index in [9.17, 15) is 8.42 Å². The zero-order valence-electron chi connectivity index (χ0n) is 16.0. The summed E-state index contributed by atoms with van der Waals surface area (Å²) in [7, 11) is -2.26. The maximum absolute atomic E-state index is 12.6. The van der Waals surface area contributed by atoms with Crippen LogP contribution in [-0.2, 0) is 10.0 Å². The van der Waals surface area contributed by atoms with Gasteiger partial charge >= 0.3 is 0 Å². The smallest absolute Gasteiger partial charge is 0.262 e. The molecular weight excluding hydrogens is 406 g/mol. The molecule has 0 aliphatic rings. The lowest BCUT2D eigenvalue weighted by Crippen LogP contribution is -2.19. The number of hydrogen-bond acceptors (Lipinski definition) is 4. The van der Waals surface area contributed by atoms with E-state index in [1.807, 2.05) is 31.2 Å². The molecule has 0 aliphatic carbocycles. The van der Waals surface area contributed by atoms with Crippen molar-refractivity contribution >= 4 is 44.4 Å². The van der Waals surface area contributed by atoms with Crippen LogP contribution in [-0.4, -0.2) is 20.6 Å². The molecule has 0 unspecified atom stereocenters. The largest absolute Gasteiger partial charge is 0.495 e. The lowest BCUT2D eigenvalue weighted by Gasteiger charge is -2.13. The Hall–Kier alpha value is -3.10. The summed E-state index contributed by atoms with van der Waals surface area (Å²) in [5, 5.41) is 6.53. The lowest BCUT2D eigenvalue weighted by atomic mass is 10.2. The van der Waals surface area contributed by atoms with Crippen LogP contribution >= 0.6 is 12.2 Å². The molecule has 0 atom stereocenters. The molecule has 150 valence electrons. The van der Waals surface area contributed by atoms with E-state index in [2.05, 4.69) is 15.4 Å². The minimum atomic E-state index is -3.75. The number of para-hydroxylation sites is 2. The van der Waals surface area contributed by atoms with E-state index in [1.165, 1.54) is 19.2 Å².